The quantitative estimate of drug-likeness (QED) is 0.857. The molecule has 2 saturated heterocycles. The van der Waals surface area contributed by atoms with E-state index in [1.807, 2.05) is 26.0 Å². The highest BCUT2D eigenvalue weighted by molar-refractivity contribution is 5.89. The third kappa shape index (κ3) is 1.64. The van der Waals surface area contributed by atoms with Crippen LogP contribution in [0.1, 0.15) is 46.5 Å². The predicted octanol–water partition coefficient (Wildman–Crippen LogP) is 2.87. The summed E-state index contributed by atoms with van der Waals surface area (Å²) >= 11 is 0. The van der Waals surface area contributed by atoms with Gasteiger partial charge in [0.05, 0.1) is 30.2 Å². The Morgan fingerprint density at radius 2 is 1.68 bits per heavy atom. The van der Waals surface area contributed by atoms with Crippen LogP contribution in [0.2, 0.25) is 0 Å². The highest BCUT2D eigenvalue weighted by Crippen LogP contribution is 2.64. The van der Waals surface area contributed by atoms with Crippen LogP contribution in [0.4, 0.5) is 0 Å². The molecule has 2 aliphatic heterocycles. The molecule has 0 saturated carbocycles. The number of fused-ring (bicyclic) bond motifs is 2. The van der Waals surface area contributed by atoms with Gasteiger partial charge in [0.25, 0.3) is 0 Å². The summed E-state index contributed by atoms with van der Waals surface area (Å²) < 4.78 is 11.6. The highest BCUT2D eigenvalue weighted by atomic mass is 16.7. The van der Waals surface area contributed by atoms with Crippen molar-refractivity contribution in [2.24, 2.45) is 16.7 Å². The van der Waals surface area contributed by atoms with Crippen LogP contribution in [-0.4, -0.2) is 17.8 Å². The van der Waals surface area contributed by atoms with Crippen molar-refractivity contribution in [3.8, 4) is 18.2 Å². The van der Waals surface area contributed by atoms with Gasteiger partial charge in [-0.1, -0.05) is 26.7 Å². The summed E-state index contributed by atoms with van der Waals surface area (Å²) in [6, 6.07) is 6.18. The topological polar surface area (TPSA) is 114 Å². The molecular formula is C16H20N4O2. The first-order valence-corrected chi connectivity index (χ1v) is 7.62. The van der Waals surface area contributed by atoms with Gasteiger partial charge in [0, 0.05) is 6.92 Å². The average molecular weight is 300 g/mol. The molecule has 1 N–H and O–H groups in total. The van der Waals surface area contributed by atoms with Gasteiger partial charge in [0.1, 0.15) is 0 Å². The van der Waals surface area contributed by atoms with Crippen molar-refractivity contribution in [2.75, 3.05) is 0 Å². The number of ether oxygens (including phenoxy) is 2. The maximum atomic E-state index is 9.91. The highest BCUT2D eigenvalue weighted by Gasteiger charge is 2.78. The molecule has 2 heterocycles. The maximum absolute atomic E-state index is 9.91. The smallest absolute Gasteiger partial charge is 0.214 e. The maximum Gasteiger partial charge on any atom is 0.214 e. The Bertz CT molecular complexity index is 597. The molecule has 0 radical (unpaired) electrons. The fourth-order valence-corrected chi connectivity index (χ4v) is 3.96. The summed E-state index contributed by atoms with van der Waals surface area (Å²) in [5.41, 5.74) is -3.29. The van der Waals surface area contributed by atoms with Crippen molar-refractivity contribution >= 4 is 5.90 Å². The Balaban J connectivity index is 2.74. The SMILES string of the molecule is CCC[C@@H]1O[C@@]2(C)OC(=N)[C@@](C#N)([C@@H]2CCC)C1(C#N)C#N. The lowest BCUT2D eigenvalue weighted by molar-refractivity contribution is -0.271. The van der Waals surface area contributed by atoms with Gasteiger partial charge in [-0.05, 0) is 12.8 Å². The van der Waals surface area contributed by atoms with E-state index in [0.717, 1.165) is 6.42 Å². The van der Waals surface area contributed by atoms with Crippen molar-refractivity contribution in [1.29, 1.82) is 21.2 Å². The van der Waals surface area contributed by atoms with Crippen molar-refractivity contribution in [3.05, 3.63) is 0 Å². The molecule has 2 aliphatic rings. The second-order valence-corrected chi connectivity index (χ2v) is 6.14. The van der Waals surface area contributed by atoms with Gasteiger partial charge in [0.15, 0.2) is 10.8 Å². The average Bonchev–Trinajstić information content (AvgIpc) is 2.66. The van der Waals surface area contributed by atoms with E-state index in [2.05, 4.69) is 6.07 Å². The van der Waals surface area contributed by atoms with Crippen LogP contribution in [-0.2, 0) is 9.47 Å². The lowest BCUT2D eigenvalue weighted by Crippen LogP contribution is -2.61. The second-order valence-electron chi connectivity index (χ2n) is 6.14. The van der Waals surface area contributed by atoms with Crippen LogP contribution in [0.3, 0.4) is 0 Å². The first-order chi connectivity index (χ1) is 10.4. The minimum atomic E-state index is -1.72. The number of hydrogen-bond acceptors (Lipinski definition) is 6. The van der Waals surface area contributed by atoms with E-state index in [4.69, 9.17) is 14.9 Å². The summed E-state index contributed by atoms with van der Waals surface area (Å²) in [6.07, 6.45) is 1.73. The number of rotatable bonds is 4. The van der Waals surface area contributed by atoms with Crippen LogP contribution in [0.15, 0.2) is 0 Å². The van der Waals surface area contributed by atoms with Crippen LogP contribution in [0, 0.1) is 56.2 Å². The van der Waals surface area contributed by atoms with Crippen molar-refractivity contribution in [3.63, 3.8) is 0 Å². The summed E-state index contributed by atoms with van der Waals surface area (Å²) in [5, 5.41) is 37.7. The van der Waals surface area contributed by atoms with E-state index < -0.39 is 28.6 Å². The van der Waals surface area contributed by atoms with Crippen LogP contribution >= 0.6 is 0 Å². The first kappa shape index (κ1) is 16.3. The van der Waals surface area contributed by atoms with Gasteiger partial charge in [0.2, 0.25) is 11.7 Å². The Kier molecular flexibility index (Phi) is 3.90. The predicted molar refractivity (Wildman–Crippen MR) is 77.1 cm³/mol. The molecule has 0 aliphatic carbocycles. The van der Waals surface area contributed by atoms with Crippen molar-refractivity contribution in [2.45, 2.75) is 58.3 Å². The van der Waals surface area contributed by atoms with Gasteiger partial charge in [-0.25, -0.2) is 0 Å². The fraction of sp³-hybridized carbons (Fsp3) is 0.750. The molecule has 0 spiro atoms. The molecule has 2 fully saturated rings. The summed E-state index contributed by atoms with van der Waals surface area (Å²) in [4.78, 5) is 0. The molecule has 0 aromatic carbocycles. The Labute approximate surface area is 130 Å². The molecular weight excluding hydrogens is 280 g/mol. The third-order valence-electron chi connectivity index (χ3n) is 4.96. The Hall–Kier alpha value is -2.10. The molecule has 0 amide bonds. The van der Waals surface area contributed by atoms with E-state index >= 15 is 0 Å². The van der Waals surface area contributed by atoms with E-state index in [1.54, 1.807) is 6.92 Å². The van der Waals surface area contributed by atoms with Crippen LogP contribution in [0.25, 0.3) is 0 Å². The van der Waals surface area contributed by atoms with E-state index in [1.165, 1.54) is 0 Å². The molecule has 116 valence electrons. The van der Waals surface area contributed by atoms with E-state index in [-0.39, 0.29) is 5.90 Å². The van der Waals surface area contributed by atoms with Gasteiger partial charge in [-0.3, -0.25) is 5.41 Å². The number of nitrogens with one attached hydrogen (secondary N) is 1. The zero-order valence-electron chi connectivity index (χ0n) is 13.1. The minimum Gasteiger partial charge on any atom is -0.448 e. The molecule has 22 heavy (non-hydrogen) atoms. The first-order valence-electron chi connectivity index (χ1n) is 7.62. The molecule has 0 aromatic heterocycles. The van der Waals surface area contributed by atoms with Gasteiger partial charge >= 0.3 is 0 Å². The number of hydrogen-bond donors (Lipinski definition) is 1. The molecule has 6 nitrogen and oxygen atoms in total. The summed E-state index contributed by atoms with van der Waals surface area (Å²) in [6.45, 7) is 5.59. The monoisotopic (exact) mass is 300 g/mol. The summed E-state index contributed by atoms with van der Waals surface area (Å²) in [5.74, 6) is -1.94. The van der Waals surface area contributed by atoms with Gasteiger partial charge in [-0.2, -0.15) is 15.8 Å². The molecule has 4 atom stereocenters. The Morgan fingerprint density at radius 3 is 2.14 bits per heavy atom. The minimum absolute atomic E-state index is 0.308. The Morgan fingerprint density at radius 1 is 1.09 bits per heavy atom. The van der Waals surface area contributed by atoms with Crippen LogP contribution < -0.4 is 0 Å². The van der Waals surface area contributed by atoms with Gasteiger partial charge in [-0.15, -0.1) is 0 Å². The molecule has 2 rings (SSSR count). The van der Waals surface area contributed by atoms with Crippen molar-refractivity contribution in [1.82, 2.24) is 0 Å². The number of nitriles is 3. The lowest BCUT2D eigenvalue weighted by Gasteiger charge is -2.48. The van der Waals surface area contributed by atoms with Crippen LogP contribution in [0.5, 0.6) is 0 Å². The largest absolute Gasteiger partial charge is 0.448 e. The standard InChI is InChI=1S/C16H20N4O2/c1-4-6-11-14(3)21-12(7-5-2)15(8-17,9-18)16(11,10-19)13(20)22-14/h11-12,20H,4-7H2,1-3H3/t11-,12+,14+,16-/m1/s1. The fourth-order valence-electron chi connectivity index (χ4n) is 3.96. The normalized spacial score (nSPS) is 38.5. The molecule has 2 bridgehead atoms. The zero-order chi connectivity index (χ0) is 16.6. The molecule has 0 aromatic rings. The third-order valence-corrected chi connectivity index (χ3v) is 4.96. The van der Waals surface area contributed by atoms with Gasteiger partial charge < -0.3 is 9.47 Å². The van der Waals surface area contributed by atoms with E-state index in [9.17, 15) is 15.8 Å². The molecule has 6 heteroatoms. The lowest BCUT2D eigenvalue weighted by atomic mass is 9.53. The molecule has 0 unspecified atom stereocenters. The van der Waals surface area contributed by atoms with Crippen molar-refractivity contribution < 1.29 is 9.47 Å². The number of nitrogens with zero attached hydrogens (tertiary/aromatic N) is 3. The van der Waals surface area contributed by atoms with E-state index in [0.29, 0.717) is 19.3 Å². The summed E-state index contributed by atoms with van der Waals surface area (Å²) in [7, 11) is 0. The zero-order valence-corrected chi connectivity index (χ0v) is 13.1. The second kappa shape index (κ2) is 5.27.